The van der Waals surface area contributed by atoms with Crippen LogP contribution in [0, 0.1) is 6.92 Å². The molecule has 3 rings (SSSR count). The number of carbonyl (C=O) groups is 3. The Morgan fingerprint density at radius 3 is 2.85 bits per heavy atom. The predicted molar refractivity (Wildman–Crippen MR) is 96.3 cm³/mol. The number of aryl methyl sites for hydroxylation is 1. The lowest BCUT2D eigenvalue weighted by molar-refractivity contribution is -0.123. The fourth-order valence-corrected chi connectivity index (χ4v) is 3.07. The predicted octanol–water partition coefficient (Wildman–Crippen LogP) is 1.99. The van der Waals surface area contributed by atoms with Gasteiger partial charge in [-0.05, 0) is 43.0 Å². The number of anilines is 1. The number of ether oxygens (including phenoxy) is 1. The highest BCUT2D eigenvalue weighted by Crippen LogP contribution is 2.23. The molecular formula is C17H16N4O4S. The molecule has 9 heteroatoms. The molecule has 8 nitrogen and oxygen atoms in total. The van der Waals surface area contributed by atoms with E-state index in [0.29, 0.717) is 10.6 Å². The lowest BCUT2D eigenvalue weighted by atomic mass is 10.3. The first-order valence-corrected chi connectivity index (χ1v) is 8.57. The number of fused-ring (bicyclic) bond motifs is 1. The van der Waals surface area contributed by atoms with Crippen LogP contribution >= 0.6 is 11.3 Å². The first kappa shape index (κ1) is 17.6. The number of primary amides is 1. The fraction of sp³-hybridized carbons (Fsp3) is 0.176. The van der Waals surface area contributed by atoms with Crippen LogP contribution in [0.5, 0.6) is 0 Å². The molecule has 0 fully saturated rings. The molecule has 0 bridgehead atoms. The van der Waals surface area contributed by atoms with Crippen molar-refractivity contribution in [2.75, 3.05) is 5.32 Å². The van der Waals surface area contributed by atoms with Crippen LogP contribution in [-0.2, 0) is 9.53 Å². The van der Waals surface area contributed by atoms with Gasteiger partial charge in [0.25, 0.3) is 11.8 Å². The molecule has 0 radical (unpaired) electrons. The molecule has 0 unspecified atom stereocenters. The van der Waals surface area contributed by atoms with Gasteiger partial charge in [0, 0.05) is 12.4 Å². The highest BCUT2D eigenvalue weighted by molar-refractivity contribution is 7.14. The number of amides is 2. The first-order valence-electron chi connectivity index (χ1n) is 7.69. The molecule has 0 spiro atoms. The largest absolute Gasteiger partial charge is 0.448 e. The second-order valence-corrected chi connectivity index (χ2v) is 6.58. The van der Waals surface area contributed by atoms with Crippen LogP contribution in [0.3, 0.4) is 0 Å². The highest BCUT2D eigenvalue weighted by atomic mass is 32.1. The van der Waals surface area contributed by atoms with Gasteiger partial charge >= 0.3 is 5.97 Å². The van der Waals surface area contributed by atoms with Crippen LogP contribution < -0.4 is 11.1 Å². The maximum absolute atomic E-state index is 12.2. The van der Waals surface area contributed by atoms with E-state index >= 15 is 0 Å². The maximum atomic E-state index is 12.2. The van der Waals surface area contributed by atoms with Gasteiger partial charge in [-0.25, -0.2) is 9.78 Å². The number of carbonyl (C=O) groups excluding carboxylic acids is 3. The van der Waals surface area contributed by atoms with Crippen molar-refractivity contribution in [2.45, 2.75) is 20.0 Å². The lowest BCUT2D eigenvalue weighted by Gasteiger charge is -2.12. The van der Waals surface area contributed by atoms with Gasteiger partial charge in [0.1, 0.15) is 10.6 Å². The van der Waals surface area contributed by atoms with E-state index in [9.17, 15) is 14.4 Å². The standard InChI is InChI=1S/C17H16N4O4S/c1-9-3-5-21-8-12(19-13(21)7-9)17(24)25-10(2)15(23)20-16-11(14(18)22)4-6-26-16/h3-8,10H,1-2H3,(H2,18,22)(H,20,23)/t10-/m1/s1. The van der Waals surface area contributed by atoms with Crippen molar-refractivity contribution in [2.24, 2.45) is 5.73 Å². The van der Waals surface area contributed by atoms with Crippen molar-refractivity contribution >= 4 is 39.8 Å². The van der Waals surface area contributed by atoms with E-state index in [2.05, 4.69) is 10.3 Å². The molecule has 3 N–H and O–H groups in total. The number of hydrogen-bond donors (Lipinski definition) is 2. The number of rotatable bonds is 5. The van der Waals surface area contributed by atoms with Crippen molar-refractivity contribution in [3.8, 4) is 0 Å². The minimum atomic E-state index is -1.07. The number of aromatic nitrogens is 2. The minimum Gasteiger partial charge on any atom is -0.448 e. The molecule has 3 aromatic rings. The number of pyridine rings is 1. The van der Waals surface area contributed by atoms with Crippen molar-refractivity contribution < 1.29 is 19.1 Å². The van der Waals surface area contributed by atoms with E-state index in [4.69, 9.17) is 10.5 Å². The van der Waals surface area contributed by atoms with Crippen molar-refractivity contribution in [3.05, 3.63) is 52.8 Å². The Kier molecular flexibility index (Phi) is 4.72. The Hall–Kier alpha value is -3.20. The van der Waals surface area contributed by atoms with Crippen LogP contribution in [0.4, 0.5) is 5.00 Å². The second-order valence-electron chi connectivity index (χ2n) is 5.66. The monoisotopic (exact) mass is 372 g/mol. The first-order chi connectivity index (χ1) is 12.3. The summed E-state index contributed by atoms with van der Waals surface area (Å²) in [4.78, 5) is 39.9. The van der Waals surface area contributed by atoms with E-state index in [1.165, 1.54) is 19.2 Å². The van der Waals surface area contributed by atoms with Gasteiger partial charge in [-0.2, -0.15) is 0 Å². The van der Waals surface area contributed by atoms with Crippen LogP contribution in [0.15, 0.2) is 36.0 Å². The maximum Gasteiger partial charge on any atom is 0.359 e. The summed E-state index contributed by atoms with van der Waals surface area (Å²) in [5, 5.41) is 4.48. The van der Waals surface area contributed by atoms with E-state index in [1.54, 1.807) is 16.0 Å². The number of hydrogen-bond acceptors (Lipinski definition) is 6. The fourth-order valence-electron chi connectivity index (χ4n) is 2.27. The second kappa shape index (κ2) is 6.96. The zero-order chi connectivity index (χ0) is 18.8. The third-order valence-corrected chi connectivity index (χ3v) is 4.48. The lowest BCUT2D eigenvalue weighted by Crippen LogP contribution is -2.30. The van der Waals surface area contributed by atoms with Gasteiger partial charge in [0.15, 0.2) is 11.8 Å². The summed E-state index contributed by atoms with van der Waals surface area (Å²) in [6, 6.07) is 5.23. The van der Waals surface area contributed by atoms with Gasteiger partial charge in [0.05, 0.1) is 5.56 Å². The number of nitrogens with one attached hydrogen (secondary N) is 1. The number of imidazole rings is 1. The van der Waals surface area contributed by atoms with Gasteiger partial charge in [-0.3, -0.25) is 9.59 Å². The topological polar surface area (TPSA) is 116 Å². The van der Waals surface area contributed by atoms with Crippen molar-refractivity contribution in [1.29, 1.82) is 0 Å². The quantitative estimate of drug-likeness (QED) is 0.665. The summed E-state index contributed by atoms with van der Waals surface area (Å²) in [6.07, 6.45) is 2.25. The molecule has 2 amide bonds. The van der Waals surface area contributed by atoms with Crippen molar-refractivity contribution in [3.63, 3.8) is 0 Å². The minimum absolute atomic E-state index is 0.101. The smallest absolute Gasteiger partial charge is 0.359 e. The third-order valence-electron chi connectivity index (χ3n) is 3.65. The Morgan fingerprint density at radius 2 is 2.12 bits per heavy atom. The zero-order valence-electron chi connectivity index (χ0n) is 14.1. The molecule has 1 atom stereocenters. The number of nitrogens with zero attached hydrogens (tertiary/aromatic N) is 2. The summed E-state index contributed by atoms with van der Waals surface area (Å²) >= 11 is 1.15. The van der Waals surface area contributed by atoms with Gasteiger partial charge in [0.2, 0.25) is 0 Å². The summed E-state index contributed by atoms with van der Waals surface area (Å²) in [6.45, 7) is 3.36. The van der Waals surface area contributed by atoms with E-state index in [1.807, 2.05) is 19.1 Å². The van der Waals surface area contributed by atoms with Crippen LogP contribution in [-0.4, -0.2) is 33.3 Å². The molecule has 0 saturated heterocycles. The average Bonchev–Trinajstić information content (AvgIpc) is 3.20. The molecule has 134 valence electrons. The van der Waals surface area contributed by atoms with E-state index in [-0.39, 0.29) is 11.3 Å². The summed E-state index contributed by atoms with van der Waals surface area (Å²) in [5.41, 5.74) is 7.16. The Labute approximate surface area is 152 Å². The molecule has 0 aromatic carbocycles. The van der Waals surface area contributed by atoms with E-state index in [0.717, 1.165) is 16.9 Å². The molecular weight excluding hydrogens is 356 g/mol. The summed E-state index contributed by atoms with van der Waals surface area (Å²) in [5.74, 6) is -1.93. The molecule has 3 heterocycles. The normalized spacial score (nSPS) is 11.9. The molecule has 0 aliphatic carbocycles. The average molecular weight is 372 g/mol. The number of nitrogens with two attached hydrogens (primary N) is 1. The molecule has 0 aliphatic heterocycles. The van der Waals surface area contributed by atoms with Gasteiger partial charge < -0.3 is 20.2 Å². The Balaban J connectivity index is 1.68. The van der Waals surface area contributed by atoms with Crippen LogP contribution in [0.2, 0.25) is 0 Å². The summed E-state index contributed by atoms with van der Waals surface area (Å²) in [7, 11) is 0. The number of esters is 1. The van der Waals surface area contributed by atoms with Gasteiger partial charge in [-0.15, -0.1) is 11.3 Å². The molecule has 26 heavy (non-hydrogen) atoms. The zero-order valence-corrected chi connectivity index (χ0v) is 14.9. The molecule has 0 aliphatic rings. The van der Waals surface area contributed by atoms with Gasteiger partial charge in [-0.1, -0.05) is 0 Å². The Morgan fingerprint density at radius 1 is 1.35 bits per heavy atom. The SMILES string of the molecule is Cc1ccn2cc(C(=O)O[C@H](C)C(=O)Nc3sccc3C(N)=O)nc2c1. The third kappa shape index (κ3) is 3.57. The highest BCUT2D eigenvalue weighted by Gasteiger charge is 2.22. The van der Waals surface area contributed by atoms with Crippen LogP contribution in [0.1, 0.15) is 33.3 Å². The van der Waals surface area contributed by atoms with E-state index < -0.39 is 23.9 Å². The number of thiophene rings is 1. The van der Waals surface area contributed by atoms with Crippen LogP contribution in [0.25, 0.3) is 5.65 Å². The molecule has 0 saturated carbocycles. The molecule has 3 aromatic heterocycles. The summed E-state index contributed by atoms with van der Waals surface area (Å²) < 4.78 is 6.86. The van der Waals surface area contributed by atoms with Crippen molar-refractivity contribution in [1.82, 2.24) is 9.38 Å². The Bertz CT molecular complexity index is 1010.